The van der Waals surface area contributed by atoms with Crippen LogP contribution in [-0.4, -0.2) is 74.0 Å². The van der Waals surface area contributed by atoms with Crippen molar-refractivity contribution in [2.45, 2.75) is 45.6 Å². The molecule has 6 nitrogen and oxygen atoms in total. The summed E-state index contributed by atoms with van der Waals surface area (Å²) in [6.45, 7) is 10.3. The molecular formula is C24H39N5O. The van der Waals surface area contributed by atoms with Crippen LogP contribution in [0.1, 0.15) is 38.7 Å². The van der Waals surface area contributed by atoms with E-state index in [0.717, 1.165) is 38.6 Å². The summed E-state index contributed by atoms with van der Waals surface area (Å²) in [5, 5.41) is 6.97. The molecule has 2 aliphatic heterocycles. The molecule has 30 heavy (non-hydrogen) atoms. The van der Waals surface area contributed by atoms with E-state index < -0.39 is 0 Å². The average Bonchev–Trinajstić information content (AvgIpc) is 3.39. The van der Waals surface area contributed by atoms with Crippen molar-refractivity contribution in [3.05, 3.63) is 35.9 Å². The molecule has 2 aliphatic rings. The lowest BCUT2D eigenvalue weighted by Crippen LogP contribution is -2.49. The highest BCUT2D eigenvalue weighted by atomic mass is 16.2. The first-order chi connectivity index (χ1) is 14.6. The van der Waals surface area contributed by atoms with Crippen molar-refractivity contribution >= 4 is 11.9 Å². The number of rotatable bonds is 9. The molecule has 2 unspecified atom stereocenters. The molecule has 2 N–H and O–H groups in total. The van der Waals surface area contributed by atoms with Gasteiger partial charge in [0.1, 0.15) is 0 Å². The molecule has 3 rings (SSSR count). The minimum Gasteiger partial charge on any atom is -0.356 e. The number of amides is 1. The van der Waals surface area contributed by atoms with Gasteiger partial charge in [-0.3, -0.25) is 14.7 Å². The zero-order valence-corrected chi connectivity index (χ0v) is 18.9. The molecule has 166 valence electrons. The summed E-state index contributed by atoms with van der Waals surface area (Å²) in [6, 6.07) is 10.9. The second-order valence-electron chi connectivity index (χ2n) is 9.03. The highest BCUT2D eigenvalue weighted by molar-refractivity contribution is 5.80. The van der Waals surface area contributed by atoms with Gasteiger partial charge in [-0.2, -0.15) is 0 Å². The number of hydrogen-bond donors (Lipinski definition) is 2. The molecule has 2 atom stereocenters. The monoisotopic (exact) mass is 413 g/mol. The lowest BCUT2D eigenvalue weighted by Gasteiger charge is -2.31. The fourth-order valence-corrected chi connectivity index (χ4v) is 4.64. The Morgan fingerprint density at radius 1 is 1.17 bits per heavy atom. The highest BCUT2D eigenvalue weighted by Gasteiger charge is 2.29. The minimum absolute atomic E-state index is 0.273. The summed E-state index contributed by atoms with van der Waals surface area (Å²) < 4.78 is 0. The van der Waals surface area contributed by atoms with Crippen molar-refractivity contribution in [1.29, 1.82) is 0 Å². The molecule has 1 aromatic rings. The molecule has 0 radical (unpaired) electrons. The van der Waals surface area contributed by atoms with Gasteiger partial charge in [0.2, 0.25) is 5.91 Å². The Bertz CT molecular complexity index is 684. The largest absolute Gasteiger partial charge is 0.356 e. The van der Waals surface area contributed by atoms with Crippen LogP contribution < -0.4 is 10.6 Å². The van der Waals surface area contributed by atoms with Gasteiger partial charge in [-0.15, -0.1) is 0 Å². The molecule has 0 spiro atoms. The third-order valence-corrected chi connectivity index (χ3v) is 6.45. The maximum atomic E-state index is 12.4. The Labute approximate surface area is 182 Å². The first kappa shape index (κ1) is 22.6. The molecular weight excluding hydrogens is 374 g/mol. The number of aliphatic imine (C=N–C) groups is 1. The van der Waals surface area contributed by atoms with Gasteiger partial charge in [0, 0.05) is 51.6 Å². The van der Waals surface area contributed by atoms with Gasteiger partial charge in [0.25, 0.3) is 0 Å². The van der Waals surface area contributed by atoms with Crippen molar-refractivity contribution in [2.24, 2.45) is 16.8 Å². The number of carbonyl (C=O) groups is 1. The smallest absolute Gasteiger partial charge is 0.223 e. The molecule has 1 amide bonds. The number of benzene rings is 1. The van der Waals surface area contributed by atoms with Gasteiger partial charge < -0.3 is 15.5 Å². The van der Waals surface area contributed by atoms with Gasteiger partial charge in [-0.1, -0.05) is 44.2 Å². The van der Waals surface area contributed by atoms with E-state index in [1.54, 1.807) is 0 Å². The Morgan fingerprint density at radius 3 is 2.57 bits per heavy atom. The fraction of sp³-hybridized carbons (Fsp3) is 0.667. The Kier molecular flexibility index (Phi) is 8.55. The van der Waals surface area contributed by atoms with Crippen LogP contribution in [0.15, 0.2) is 35.3 Å². The van der Waals surface area contributed by atoms with E-state index in [0.29, 0.717) is 24.3 Å². The van der Waals surface area contributed by atoms with Gasteiger partial charge in [0.15, 0.2) is 5.96 Å². The maximum Gasteiger partial charge on any atom is 0.223 e. The number of hydrogen-bond acceptors (Lipinski definition) is 3. The number of nitrogens with zero attached hydrogens (tertiary/aromatic N) is 3. The van der Waals surface area contributed by atoms with Crippen molar-refractivity contribution < 1.29 is 4.79 Å². The van der Waals surface area contributed by atoms with Crippen LogP contribution in [0.25, 0.3) is 0 Å². The van der Waals surface area contributed by atoms with E-state index in [4.69, 9.17) is 0 Å². The van der Waals surface area contributed by atoms with E-state index in [1.165, 1.54) is 31.5 Å². The Hall–Kier alpha value is -2.08. The van der Waals surface area contributed by atoms with E-state index in [9.17, 15) is 4.79 Å². The summed E-state index contributed by atoms with van der Waals surface area (Å²) in [7, 11) is 1.82. The predicted molar refractivity (Wildman–Crippen MR) is 124 cm³/mol. The van der Waals surface area contributed by atoms with E-state index >= 15 is 0 Å². The summed E-state index contributed by atoms with van der Waals surface area (Å²) in [5.74, 6) is 2.07. The van der Waals surface area contributed by atoms with Crippen LogP contribution in [0.5, 0.6) is 0 Å². The molecule has 2 fully saturated rings. The molecule has 0 bridgehead atoms. The van der Waals surface area contributed by atoms with Gasteiger partial charge in [-0.05, 0) is 43.8 Å². The standard InChI is InChI=1S/C24H39N5O/c1-19(2)22(28-12-7-8-13-28)17-27-24(25-3)26-16-21-15-23(30)29(18-21)14-11-20-9-5-4-6-10-20/h4-6,9-10,19,21-22H,7-8,11-18H2,1-3H3,(H2,25,26,27). The van der Waals surface area contributed by atoms with Gasteiger partial charge in [-0.25, -0.2) is 0 Å². The number of guanidine groups is 1. The van der Waals surface area contributed by atoms with Crippen molar-refractivity contribution in [3.63, 3.8) is 0 Å². The van der Waals surface area contributed by atoms with Crippen LogP contribution in [0.2, 0.25) is 0 Å². The van der Waals surface area contributed by atoms with Gasteiger partial charge in [0.05, 0.1) is 0 Å². The maximum absolute atomic E-state index is 12.4. The van der Waals surface area contributed by atoms with Crippen LogP contribution in [0.4, 0.5) is 0 Å². The molecule has 1 aromatic carbocycles. The average molecular weight is 414 g/mol. The summed E-state index contributed by atoms with van der Waals surface area (Å²) >= 11 is 0. The normalized spacial score (nSPS) is 21.5. The van der Waals surface area contributed by atoms with Crippen molar-refractivity contribution in [2.75, 3.05) is 46.3 Å². The first-order valence-electron chi connectivity index (χ1n) is 11.6. The topological polar surface area (TPSA) is 60.0 Å². The first-order valence-corrected chi connectivity index (χ1v) is 11.6. The SMILES string of the molecule is CN=C(NCC1CC(=O)N(CCc2ccccc2)C1)NCC(C(C)C)N1CCCC1. The van der Waals surface area contributed by atoms with E-state index in [1.807, 2.05) is 18.0 Å². The van der Waals surface area contributed by atoms with Crippen molar-refractivity contribution in [1.82, 2.24) is 20.4 Å². The number of nitrogens with one attached hydrogen (secondary N) is 2. The van der Waals surface area contributed by atoms with Crippen LogP contribution in [0.3, 0.4) is 0 Å². The molecule has 2 saturated heterocycles. The highest BCUT2D eigenvalue weighted by Crippen LogP contribution is 2.18. The Morgan fingerprint density at radius 2 is 1.90 bits per heavy atom. The fourth-order valence-electron chi connectivity index (χ4n) is 4.64. The molecule has 6 heteroatoms. The lowest BCUT2D eigenvalue weighted by molar-refractivity contribution is -0.127. The summed E-state index contributed by atoms with van der Waals surface area (Å²) in [5.41, 5.74) is 1.29. The van der Waals surface area contributed by atoms with Crippen LogP contribution in [0, 0.1) is 11.8 Å². The van der Waals surface area contributed by atoms with E-state index in [-0.39, 0.29) is 5.91 Å². The summed E-state index contributed by atoms with van der Waals surface area (Å²) in [4.78, 5) is 21.4. The molecule has 0 saturated carbocycles. The zero-order chi connectivity index (χ0) is 21.3. The molecule has 0 aromatic heterocycles. The van der Waals surface area contributed by atoms with Crippen molar-refractivity contribution in [3.8, 4) is 0 Å². The summed E-state index contributed by atoms with van der Waals surface area (Å²) in [6.07, 6.45) is 4.17. The quantitative estimate of drug-likeness (QED) is 0.482. The Balaban J connectivity index is 1.40. The second kappa shape index (κ2) is 11.3. The second-order valence-corrected chi connectivity index (χ2v) is 9.03. The van der Waals surface area contributed by atoms with Crippen LogP contribution in [-0.2, 0) is 11.2 Å². The third-order valence-electron chi connectivity index (χ3n) is 6.45. The zero-order valence-electron chi connectivity index (χ0n) is 18.9. The van der Waals surface area contributed by atoms with Gasteiger partial charge >= 0.3 is 0 Å². The molecule has 0 aliphatic carbocycles. The van der Waals surface area contributed by atoms with Crippen LogP contribution >= 0.6 is 0 Å². The van der Waals surface area contributed by atoms with E-state index in [2.05, 4.69) is 58.6 Å². The minimum atomic E-state index is 0.273. The predicted octanol–water partition coefficient (Wildman–Crippen LogP) is 2.36. The lowest BCUT2D eigenvalue weighted by atomic mass is 10.0. The number of likely N-dealkylation sites (tertiary alicyclic amines) is 2. The number of carbonyl (C=O) groups excluding carboxylic acids is 1. The molecule has 2 heterocycles. The third kappa shape index (κ3) is 6.46.